The number of hydrogen-bond acceptors (Lipinski definition) is 1. The molecular formula is C19H29N. The molecule has 1 N–H and O–H groups in total. The molecule has 6 bridgehead atoms. The zero-order chi connectivity index (χ0) is 13.3. The van der Waals surface area contributed by atoms with Gasteiger partial charge in [-0.15, -0.1) is 0 Å². The van der Waals surface area contributed by atoms with Gasteiger partial charge in [0.05, 0.1) is 0 Å². The van der Waals surface area contributed by atoms with Gasteiger partial charge in [0.15, 0.2) is 0 Å². The molecule has 20 heavy (non-hydrogen) atoms. The summed E-state index contributed by atoms with van der Waals surface area (Å²) in [7, 11) is 0. The summed E-state index contributed by atoms with van der Waals surface area (Å²) in [6.07, 6.45) is 15.7. The van der Waals surface area contributed by atoms with Gasteiger partial charge < -0.3 is 5.32 Å². The largest absolute Gasteiger partial charge is 0.311 e. The highest BCUT2D eigenvalue weighted by atomic mass is 15.0. The second kappa shape index (κ2) is 4.35. The second-order valence-electron chi connectivity index (χ2n) is 8.86. The number of hydrogen-bond donors (Lipinski definition) is 1. The number of nitrogens with one attached hydrogen (secondary N) is 1. The van der Waals surface area contributed by atoms with E-state index in [1.165, 1.54) is 12.8 Å². The van der Waals surface area contributed by atoms with Crippen LogP contribution in [0.25, 0.3) is 0 Å². The predicted molar refractivity (Wildman–Crippen MR) is 82.3 cm³/mol. The van der Waals surface area contributed by atoms with Gasteiger partial charge >= 0.3 is 0 Å². The molecule has 4 atom stereocenters. The van der Waals surface area contributed by atoms with Gasteiger partial charge in [-0.1, -0.05) is 12.2 Å². The summed E-state index contributed by atoms with van der Waals surface area (Å²) in [5.74, 6) is 7.03. The molecule has 0 radical (unpaired) electrons. The van der Waals surface area contributed by atoms with Crippen molar-refractivity contribution < 1.29 is 0 Å². The van der Waals surface area contributed by atoms with Crippen LogP contribution in [-0.2, 0) is 0 Å². The van der Waals surface area contributed by atoms with Gasteiger partial charge in [0, 0.05) is 12.1 Å². The second-order valence-corrected chi connectivity index (χ2v) is 8.86. The number of allylic oxidation sites excluding steroid dienone is 2. The molecule has 110 valence electrons. The van der Waals surface area contributed by atoms with Gasteiger partial charge in [0.2, 0.25) is 0 Å². The first-order valence-electron chi connectivity index (χ1n) is 9.20. The van der Waals surface area contributed by atoms with E-state index in [-0.39, 0.29) is 0 Å². The van der Waals surface area contributed by atoms with E-state index in [1.54, 1.807) is 32.1 Å². The maximum atomic E-state index is 4.15. The van der Waals surface area contributed by atoms with Crippen molar-refractivity contribution in [1.29, 1.82) is 0 Å². The minimum absolute atomic E-state index is 0.748. The molecule has 0 saturated heterocycles. The quantitative estimate of drug-likeness (QED) is 0.765. The molecule has 0 aliphatic heterocycles. The molecule has 1 nitrogen and oxygen atoms in total. The lowest BCUT2D eigenvalue weighted by molar-refractivity contribution is -0.0199. The molecule has 4 unspecified atom stereocenters. The van der Waals surface area contributed by atoms with Crippen LogP contribution in [0.3, 0.4) is 0 Å². The fraction of sp³-hybridized carbons (Fsp3) is 0.895. The van der Waals surface area contributed by atoms with Crippen molar-refractivity contribution in [3.05, 3.63) is 12.2 Å². The summed E-state index contributed by atoms with van der Waals surface area (Å²) in [6, 6.07) is 1.62. The van der Waals surface area contributed by atoms with Crippen LogP contribution in [0.5, 0.6) is 0 Å². The van der Waals surface area contributed by atoms with Crippen LogP contribution in [0.2, 0.25) is 0 Å². The van der Waals surface area contributed by atoms with E-state index in [0.29, 0.717) is 0 Å². The summed E-state index contributed by atoms with van der Waals surface area (Å²) in [4.78, 5) is 0. The van der Waals surface area contributed by atoms with Gasteiger partial charge in [0.1, 0.15) is 0 Å². The predicted octanol–water partition coefficient (Wildman–Crippen LogP) is 4.00. The third kappa shape index (κ3) is 1.78. The summed E-state index contributed by atoms with van der Waals surface area (Å²) in [5.41, 5.74) is 0. The Kier molecular flexibility index (Phi) is 2.67. The smallest absolute Gasteiger partial charge is 0.0127 e. The van der Waals surface area contributed by atoms with E-state index in [4.69, 9.17) is 0 Å². The highest BCUT2D eigenvalue weighted by Crippen LogP contribution is 2.54. The first-order chi connectivity index (χ1) is 9.76. The normalized spacial score (nSPS) is 56.6. The van der Waals surface area contributed by atoms with Crippen molar-refractivity contribution in [2.45, 2.75) is 64.0 Å². The zero-order valence-electron chi connectivity index (χ0n) is 12.8. The Morgan fingerprint density at radius 2 is 1.55 bits per heavy atom. The molecule has 6 rings (SSSR count). The molecule has 1 heteroatoms. The monoisotopic (exact) mass is 271 g/mol. The summed E-state index contributed by atoms with van der Waals surface area (Å²) in [6.45, 7) is 2.49. The topological polar surface area (TPSA) is 12.0 Å². The van der Waals surface area contributed by atoms with Gasteiger partial charge in [0.25, 0.3) is 0 Å². The van der Waals surface area contributed by atoms with E-state index in [1.807, 2.05) is 0 Å². The molecule has 0 aromatic heterocycles. The summed E-state index contributed by atoms with van der Waals surface area (Å²) >= 11 is 0. The van der Waals surface area contributed by atoms with Crippen molar-refractivity contribution in [1.82, 2.24) is 5.32 Å². The summed E-state index contributed by atoms with van der Waals surface area (Å²) < 4.78 is 0. The van der Waals surface area contributed by atoms with E-state index < -0.39 is 0 Å². The Morgan fingerprint density at radius 3 is 2.10 bits per heavy atom. The average molecular weight is 271 g/mol. The van der Waals surface area contributed by atoms with Crippen molar-refractivity contribution in [3.63, 3.8) is 0 Å². The molecule has 5 fully saturated rings. The van der Waals surface area contributed by atoms with E-state index in [0.717, 1.165) is 53.5 Å². The zero-order valence-corrected chi connectivity index (χ0v) is 12.8. The van der Waals surface area contributed by atoms with Gasteiger partial charge in [-0.05, 0) is 93.3 Å². The SMILES string of the molecule is CC(NC1C2CC3CC(C2)CC1C3)C1CC2C=CC1C2. The fourth-order valence-corrected chi connectivity index (χ4v) is 7.02. The van der Waals surface area contributed by atoms with Crippen molar-refractivity contribution in [2.75, 3.05) is 0 Å². The third-order valence-corrected chi connectivity index (χ3v) is 7.65. The van der Waals surface area contributed by atoms with E-state index in [9.17, 15) is 0 Å². The maximum Gasteiger partial charge on any atom is 0.0127 e. The Hall–Kier alpha value is -0.300. The van der Waals surface area contributed by atoms with Gasteiger partial charge in [-0.2, -0.15) is 0 Å². The Labute approximate surface area is 123 Å². The average Bonchev–Trinajstić information content (AvgIpc) is 3.04. The Bertz CT molecular complexity index is 397. The summed E-state index contributed by atoms with van der Waals surface area (Å²) in [5, 5.41) is 4.15. The number of rotatable bonds is 3. The van der Waals surface area contributed by atoms with Crippen LogP contribution < -0.4 is 5.32 Å². The van der Waals surface area contributed by atoms with Crippen LogP contribution in [0.1, 0.15) is 51.9 Å². The van der Waals surface area contributed by atoms with E-state index in [2.05, 4.69) is 24.4 Å². The van der Waals surface area contributed by atoms with Crippen LogP contribution in [0.15, 0.2) is 12.2 Å². The highest BCUT2D eigenvalue weighted by Gasteiger charge is 2.49. The Balaban J connectivity index is 1.29. The van der Waals surface area contributed by atoms with Crippen molar-refractivity contribution >= 4 is 0 Å². The Morgan fingerprint density at radius 1 is 0.850 bits per heavy atom. The maximum absolute atomic E-state index is 4.15. The van der Waals surface area contributed by atoms with Crippen molar-refractivity contribution in [3.8, 4) is 0 Å². The first-order valence-corrected chi connectivity index (χ1v) is 9.20. The number of fused-ring (bicyclic) bond motifs is 2. The molecule has 0 aromatic carbocycles. The lowest BCUT2D eigenvalue weighted by Crippen LogP contribution is -2.57. The van der Waals surface area contributed by atoms with Crippen molar-refractivity contribution in [2.24, 2.45) is 41.4 Å². The van der Waals surface area contributed by atoms with E-state index >= 15 is 0 Å². The molecule has 0 aromatic rings. The van der Waals surface area contributed by atoms with Crippen LogP contribution in [-0.4, -0.2) is 12.1 Å². The minimum Gasteiger partial charge on any atom is -0.311 e. The first kappa shape index (κ1) is 12.3. The molecule has 0 spiro atoms. The lowest BCUT2D eigenvalue weighted by Gasteiger charge is -2.55. The molecule has 6 aliphatic rings. The van der Waals surface area contributed by atoms with Crippen LogP contribution >= 0.6 is 0 Å². The molecule has 0 heterocycles. The standard InChI is InChI=1S/C19H29N/c1-11(18-10-12-2-3-15(18)5-12)20-19-16-6-13-4-14(8-16)9-17(19)7-13/h2-3,11-20H,4-10H2,1H3. The van der Waals surface area contributed by atoms with Crippen LogP contribution in [0.4, 0.5) is 0 Å². The molecule has 6 aliphatic carbocycles. The molecular weight excluding hydrogens is 242 g/mol. The minimum atomic E-state index is 0.748. The fourth-order valence-electron chi connectivity index (χ4n) is 7.02. The third-order valence-electron chi connectivity index (χ3n) is 7.65. The molecule has 0 amide bonds. The van der Waals surface area contributed by atoms with Gasteiger partial charge in [-0.3, -0.25) is 0 Å². The van der Waals surface area contributed by atoms with Gasteiger partial charge in [-0.25, -0.2) is 0 Å². The highest BCUT2D eigenvalue weighted by molar-refractivity contribution is 5.12. The lowest BCUT2D eigenvalue weighted by atomic mass is 9.54. The molecule has 5 saturated carbocycles. The van der Waals surface area contributed by atoms with Crippen LogP contribution in [0, 0.1) is 41.4 Å².